The Hall–Kier alpha value is -4.94. The zero-order chi connectivity index (χ0) is 44.0. The van der Waals surface area contributed by atoms with Crippen molar-refractivity contribution in [2.24, 2.45) is 0 Å². The standard InChI is InChI=1S/C47H54F2N4O6SSi/c1-28(2)61(29(3)4,30(5)6)22-17-35-38(48)15-14-33-24-34(59-27-56-9)25-36(41(33)35)43-42(49)44-40(32(8)50-43)45(53-20-11-12-21-53)52-46(51-44)58-26-47(18-19-47)37-23-31(7)13-16-39(37)60(54,55)57-10/h11-16,23-25,28-30H,18-21,26-27H2,1-10H3. The minimum atomic E-state index is -4.02. The molecular weight excluding hydrogens is 815 g/mol. The average Bonchev–Trinajstić information content (AvgIpc) is 3.82. The molecule has 0 bridgehead atoms. The van der Waals surface area contributed by atoms with Gasteiger partial charge in [0.05, 0.1) is 28.6 Å². The van der Waals surface area contributed by atoms with Crippen molar-refractivity contribution in [1.82, 2.24) is 15.0 Å². The summed E-state index contributed by atoms with van der Waals surface area (Å²) < 4.78 is 82.5. The molecule has 2 aliphatic rings. The fraction of sp³-hybridized carbons (Fsp3) is 0.426. The molecule has 1 aliphatic heterocycles. The van der Waals surface area contributed by atoms with Gasteiger partial charge in [-0.25, -0.2) is 13.8 Å². The zero-order valence-electron chi connectivity index (χ0n) is 36.6. The SMILES string of the molecule is COCOc1cc(-c2nc(C)c3c(N4CC=CC4)nc(OCC4(c5cc(C)ccc5S(=O)(=O)OC)CC4)nc3c2F)c2c(C#C[Si](C(C)C)(C(C)C)C(C)C)c(F)ccc2c1. The molecule has 0 saturated heterocycles. The highest BCUT2D eigenvalue weighted by molar-refractivity contribution is 7.86. The van der Waals surface area contributed by atoms with Crippen molar-refractivity contribution in [2.45, 2.75) is 95.2 Å². The Morgan fingerprint density at radius 2 is 1.56 bits per heavy atom. The number of ether oxygens (including phenoxy) is 3. The molecule has 3 heterocycles. The second-order valence-electron chi connectivity index (χ2n) is 17.2. The van der Waals surface area contributed by atoms with Gasteiger partial charge in [0.15, 0.2) is 12.6 Å². The van der Waals surface area contributed by atoms with Crippen LogP contribution in [0.3, 0.4) is 0 Å². The van der Waals surface area contributed by atoms with Crippen LogP contribution in [0, 0.1) is 36.9 Å². The lowest BCUT2D eigenvalue weighted by Crippen LogP contribution is -2.43. The Kier molecular flexibility index (Phi) is 12.4. The quantitative estimate of drug-likeness (QED) is 0.0351. The Morgan fingerprint density at radius 1 is 0.869 bits per heavy atom. The van der Waals surface area contributed by atoms with Crippen LogP contribution in [0.5, 0.6) is 11.8 Å². The summed E-state index contributed by atoms with van der Waals surface area (Å²) in [5, 5.41) is 1.41. The van der Waals surface area contributed by atoms with E-state index < -0.39 is 35.2 Å². The molecule has 61 heavy (non-hydrogen) atoms. The van der Waals surface area contributed by atoms with E-state index in [1.807, 2.05) is 30.0 Å². The van der Waals surface area contributed by atoms with Crippen LogP contribution in [-0.2, 0) is 24.5 Å². The van der Waals surface area contributed by atoms with Crippen molar-refractivity contribution < 1.29 is 35.6 Å². The molecule has 0 unspecified atom stereocenters. The average molecular weight is 869 g/mol. The van der Waals surface area contributed by atoms with E-state index >= 15 is 8.78 Å². The number of hydrogen-bond donors (Lipinski definition) is 0. The lowest BCUT2D eigenvalue weighted by atomic mass is 9.95. The molecule has 0 spiro atoms. The summed E-state index contributed by atoms with van der Waals surface area (Å²) >= 11 is 0. The molecule has 1 aliphatic carbocycles. The van der Waals surface area contributed by atoms with Gasteiger partial charge in [0.1, 0.15) is 43.3 Å². The van der Waals surface area contributed by atoms with E-state index in [2.05, 4.69) is 53.0 Å². The maximum atomic E-state index is 17.7. The van der Waals surface area contributed by atoms with Crippen molar-refractivity contribution in [3.8, 4) is 34.5 Å². The van der Waals surface area contributed by atoms with Crippen LogP contribution >= 0.6 is 0 Å². The first kappa shape index (κ1) is 44.1. The largest absolute Gasteiger partial charge is 0.468 e. The van der Waals surface area contributed by atoms with Gasteiger partial charge in [-0.1, -0.05) is 83.4 Å². The smallest absolute Gasteiger partial charge is 0.319 e. The normalized spacial score (nSPS) is 15.0. The van der Waals surface area contributed by atoms with E-state index in [1.165, 1.54) is 13.2 Å². The molecule has 1 fully saturated rings. The minimum absolute atomic E-state index is 0.0244. The first-order chi connectivity index (χ1) is 29.0. The number of anilines is 1. The fourth-order valence-corrected chi connectivity index (χ4v) is 15.3. The molecule has 7 rings (SSSR count). The second-order valence-corrected chi connectivity index (χ2v) is 24.4. The maximum absolute atomic E-state index is 17.7. The number of fused-ring (bicyclic) bond motifs is 2. The van der Waals surface area contributed by atoms with E-state index in [9.17, 15) is 8.42 Å². The number of rotatable bonds is 14. The van der Waals surface area contributed by atoms with Gasteiger partial charge in [0, 0.05) is 36.6 Å². The number of aryl methyl sites for hydroxylation is 2. The van der Waals surface area contributed by atoms with E-state index in [4.69, 9.17) is 33.3 Å². The highest BCUT2D eigenvalue weighted by Gasteiger charge is 2.48. The van der Waals surface area contributed by atoms with Gasteiger partial charge >= 0.3 is 6.01 Å². The van der Waals surface area contributed by atoms with E-state index in [0.717, 1.165) is 12.7 Å². The molecule has 322 valence electrons. The molecule has 2 aromatic heterocycles. The molecule has 3 aromatic carbocycles. The summed E-state index contributed by atoms with van der Waals surface area (Å²) in [4.78, 5) is 16.5. The van der Waals surface area contributed by atoms with Crippen LogP contribution in [0.2, 0.25) is 16.6 Å². The van der Waals surface area contributed by atoms with Crippen LogP contribution in [0.15, 0.2) is 59.5 Å². The van der Waals surface area contributed by atoms with Gasteiger partial charge in [0.2, 0.25) is 0 Å². The van der Waals surface area contributed by atoms with E-state index in [1.54, 1.807) is 37.3 Å². The monoisotopic (exact) mass is 868 g/mol. The van der Waals surface area contributed by atoms with Crippen molar-refractivity contribution in [3.63, 3.8) is 0 Å². The lowest BCUT2D eigenvalue weighted by molar-refractivity contribution is 0.0512. The third kappa shape index (κ3) is 8.13. The second kappa shape index (κ2) is 17.1. The van der Waals surface area contributed by atoms with Crippen LogP contribution in [0.25, 0.3) is 32.9 Å². The maximum Gasteiger partial charge on any atom is 0.319 e. The number of hydrogen-bond acceptors (Lipinski definition) is 10. The highest BCUT2D eigenvalue weighted by Crippen LogP contribution is 2.51. The molecule has 10 nitrogen and oxygen atoms in total. The Labute approximate surface area is 358 Å². The van der Waals surface area contributed by atoms with Crippen molar-refractivity contribution in [1.29, 1.82) is 0 Å². The minimum Gasteiger partial charge on any atom is -0.468 e. The number of halogens is 2. The number of nitrogens with zero attached hydrogens (tertiary/aromatic N) is 4. The van der Waals surface area contributed by atoms with Gasteiger partial charge in [-0.05, 0) is 78.5 Å². The summed E-state index contributed by atoms with van der Waals surface area (Å²) in [5.41, 5.74) is 6.23. The first-order valence-electron chi connectivity index (χ1n) is 20.7. The third-order valence-corrected chi connectivity index (χ3v) is 20.1. The predicted molar refractivity (Wildman–Crippen MR) is 238 cm³/mol. The van der Waals surface area contributed by atoms with Gasteiger partial charge in [-0.15, -0.1) is 5.54 Å². The van der Waals surface area contributed by atoms with Gasteiger partial charge in [-0.2, -0.15) is 18.4 Å². The lowest BCUT2D eigenvalue weighted by Gasteiger charge is -2.38. The molecule has 14 heteroatoms. The van der Waals surface area contributed by atoms with Crippen LogP contribution < -0.4 is 14.4 Å². The van der Waals surface area contributed by atoms with Gasteiger partial charge < -0.3 is 19.1 Å². The molecular formula is C47H54F2N4O6SSi. The molecule has 5 aromatic rings. The first-order valence-corrected chi connectivity index (χ1v) is 24.4. The van der Waals surface area contributed by atoms with E-state index in [0.29, 0.717) is 81.5 Å². The Morgan fingerprint density at radius 3 is 2.18 bits per heavy atom. The summed E-state index contributed by atoms with van der Waals surface area (Å²) in [7, 11) is -3.69. The van der Waals surface area contributed by atoms with Crippen LogP contribution in [0.4, 0.5) is 14.6 Å². The topological polar surface area (TPSA) is 113 Å². The van der Waals surface area contributed by atoms with Gasteiger partial charge in [0.25, 0.3) is 10.1 Å². The molecule has 0 N–H and O–H groups in total. The summed E-state index contributed by atoms with van der Waals surface area (Å²) in [6, 6.07) is 11.5. The zero-order valence-corrected chi connectivity index (χ0v) is 38.4. The number of benzene rings is 3. The summed E-state index contributed by atoms with van der Waals surface area (Å²) in [5.74, 6) is 2.88. The number of aromatic nitrogens is 3. The van der Waals surface area contributed by atoms with Crippen molar-refractivity contribution >= 4 is 45.7 Å². The number of methoxy groups -OCH3 is 1. The van der Waals surface area contributed by atoms with Crippen LogP contribution in [-0.4, -0.2) is 72.2 Å². The highest BCUT2D eigenvalue weighted by atomic mass is 32.2. The molecule has 0 radical (unpaired) electrons. The van der Waals surface area contributed by atoms with Crippen molar-refractivity contribution in [3.05, 3.63) is 88.6 Å². The fourth-order valence-electron chi connectivity index (χ4n) is 9.18. The predicted octanol–water partition coefficient (Wildman–Crippen LogP) is 10.1. The molecule has 0 amide bonds. The van der Waals surface area contributed by atoms with Gasteiger partial charge in [-0.3, -0.25) is 4.18 Å². The van der Waals surface area contributed by atoms with Crippen molar-refractivity contribution in [2.75, 3.05) is 45.6 Å². The summed E-state index contributed by atoms with van der Waals surface area (Å²) in [6.07, 6.45) is 5.32. The summed E-state index contributed by atoms with van der Waals surface area (Å²) in [6.45, 7) is 17.9. The third-order valence-electron chi connectivity index (χ3n) is 12.5. The van der Waals surface area contributed by atoms with Crippen LogP contribution in [0.1, 0.15) is 76.8 Å². The molecule has 0 atom stereocenters. The number of pyridine rings is 1. The Bertz CT molecular complexity index is 2700. The van der Waals surface area contributed by atoms with E-state index in [-0.39, 0.29) is 46.6 Å². The Balaban J connectivity index is 1.43. The molecule has 1 saturated carbocycles.